The van der Waals surface area contributed by atoms with Gasteiger partial charge in [-0.1, -0.05) is 11.6 Å². The highest BCUT2D eigenvalue weighted by molar-refractivity contribution is 6.31. The lowest BCUT2D eigenvalue weighted by Crippen LogP contribution is -2.42. The topological polar surface area (TPSA) is 39.1 Å². The van der Waals surface area contributed by atoms with E-state index >= 15 is 0 Å². The lowest BCUT2D eigenvalue weighted by Gasteiger charge is -2.35. The van der Waals surface area contributed by atoms with E-state index < -0.39 is 0 Å². The maximum absolute atomic E-state index is 8.96. The monoisotopic (exact) mass is 263 g/mol. The van der Waals surface area contributed by atoms with E-state index in [1.54, 1.807) is 6.07 Å². The Morgan fingerprint density at radius 3 is 2.94 bits per heavy atom. The molecule has 0 bridgehead atoms. The van der Waals surface area contributed by atoms with Gasteiger partial charge >= 0.3 is 0 Å². The third-order valence-corrected chi connectivity index (χ3v) is 4.00. The summed E-state index contributed by atoms with van der Waals surface area (Å²) in [7, 11) is 2.16. The van der Waals surface area contributed by atoms with Gasteiger partial charge in [0.2, 0.25) is 0 Å². The van der Waals surface area contributed by atoms with Crippen molar-refractivity contribution >= 4 is 17.3 Å². The van der Waals surface area contributed by atoms with Crippen LogP contribution in [0.1, 0.15) is 25.3 Å². The van der Waals surface area contributed by atoms with Gasteiger partial charge in [-0.3, -0.25) is 0 Å². The molecule has 0 spiro atoms. The number of rotatable bonds is 2. The van der Waals surface area contributed by atoms with Crippen LogP contribution < -0.4 is 5.32 Å². The molecule has 2 atom stereocenters. The van der Waals surface area contributed by atoms with Crippen LogP contribution in [0, 0.1) is 11.3 Å². The van der Waals surface area contributed by atoms with E-state index in [0.717, 1.165) is 25.1 Å². The predicted molar refractivity (Wildman–Crippen MR) is 74.9 cm³/mol. The first kappa shape index (κ1) is 13.2. The van der Waals surface area contributed by atoms with Crippen LogP contribution in [0.3, 0.4) is 0 Å². The summed E-state index contributed by atoms with van der Waals surface area (Å²) >= 11 is 5.92. The van der Waals surface area contributed by atoms with Crippen LogP contribution in [-0.4, -0.2) is 30.6 Å². The molecule has 96 valence electrons. The van der Waals surface area contributed by atoms with Crippen LogP contribution in [0.25, 0.3) is 0 Å². The minimum atomic E-state index is 0.476. The molecule has 0 aliphatic carbocycles. The number of hydrogen-bond donors (Lipinski definition) is 1. The zero-order valence-corrected chi connectivity index (χ0v) is 11.5. The molecular weight excluding hydrogens is 246 g/mol. The van der Waals surface area contributed by atoms with E-state index in [9.17, 15) is 0 Å². The van der Waals surface area contributed by atoms with Crippen LogP contribution in [0.15, 0.2) is 18.2 Å². The molecule has 1 aliphatic rings. The Hall–Kier alpha value is -1.24. The van der Waals surface area contributed by atoms with Crippen molar-refractivity contribution in [1.29, 1.82) is 5.26 Å². The number of halogens is 1. The lowest BCUT2D eigenvalue weighted by atomic mass is 9.98. The van der Waals surface area contributed by atoms with Gasteiger partial charge in [0.05, 0.1) is 10.6 Å². The van der Waals surface area contributed by atoms with E-state index in [1.807, 2.05) is 12.1 Å². The van der Waals surface area contributed by atoms with Crippen molar-refractivity contribution in [1.82, 2.24) is 4.90 Å². The minimum Gasteiger partial charge on any atom is -0.382 e. The number of hydrogen-bond acceptors (Lipinski definition) is 3. The summed E-state index contributed by atoms with van der Waals surface area (Å²) in [5.74, 6) is 0. The van der Waals surface area contributed by atoms with Crippen molar-refractivity contribution < 1.29 is 0 Å². The van der Waals surface area contributed by atoms with Gasteiger partial charge in [-0.2, -0.15) is 5.26 Å². The van der Waals surface area contributed by atoms with E-state index in [2.05, 4.69) is 30.3 Å². The highest BCUT2D eigenvalue weighted by Crippen LogP contribution is 2.23. The highest BCUT2D eigenvalue weighted by Gasteiger charge is 2.22. The Balaban J connectivity index is 2.04. The molecular formula is C14H18ClN3. The fraction of sp³-hybridized carbons (Fsp3) is 0.500. The number of nitrogens with one attached hydrogen (secondary N) is 1. The average Bonchev–Trinajstić information content (AvgIpc) is 2.36. The second kappa shape index (κ2) is 5.60. The Kier molecular flexibility index (Phi) is 4.11. The lowest BCUT2D eigenvalue weighted by molar-refractivity contribution is 0.190. The molecule has 0 aromatic heterocycles. The number of anilines is 1. The molecule has 4 heteroatoms. The second-order valence-corrected chi connectivity index (χ2v) is 5.41. The number of piperidine rings is 1. The maximum Gasteiger partial charge on any atom is 0.101 e. The van der Waals surface area contributed by atoms with Crippen molar-refractivity contribution in [3.05, 3.63) is 28.8 Å². The van der Waals surface area contributed by atoms with E-state index in [1.165, 1.54) is 0 Å². The number of benzene rings is 1. The molecule has 1 aromatic carbocycles. The Labute approximate surface area is 113 Å². The van der Waals surface area contributed by atoms with Crippen LogP contribution in [0.5, 0.6) is 0 Å². The van der Waals surface area contributed by atoms with Gasteiger partial charge in [0.15, 0.2) is 0 Å². The molecule has 1 fully saturated rings. The molecule has 1 aromatic rings. The molecule has 2 unspecified atom stereocenters. The first-order valence-corrected chi connectivity index (χ1v) is 6.64. The minimum absolute atomic E-state index is 0.476. The summed E-state index contributed by atoms with van der Waals surface area (Å²) < 4.78 is 0. The van der Waals surface area contributed by atoms with Gasteiger partial charge in [0.1, 0.15) is 6.07 Å². The van der Waals surface area contributed by atoms with Crippen molar-refractivity contribution in [2.75, 3.05) is 18.9 Å². The molecule has 0 radical (unpaired) electrons. The molecule has 2 rings (SSSR count). The Bertz CT molecular complexity index is 467. The summed E-state index contributed by atoms with van der Waals surface area (Å²) in [5.41, 5.74) is 1.51. The molecule has 0 amide bonds. The van der Waals surface area contributed by atoms with Crippen molar-refractivity contribution in [2.24, 2.45) is 0 Å². The van der Waals surface area contributed by atoms with Crippen LogP contribution >= 0.6 is 11.6 Å². The summed E-state index contributed by atoms with van der Waals surface area (Å²) in [6.45, 7) is 3.36. The Morgan fingerprint density at radius 1 is 1.50 bits per heavy atom. The quantitative estimate of drug-likeness (QED) is 0.891. The standard InChI is InChI=1S/C14H18ClN3/c1-10-7-13(5-6-18(10)2)17-12-3-4-14(15)11(8-12)9-16/h3-4,8,10,13,17H,5-7H2,1-2H3. The zero-order valence-electron chi connectivity index (χ0n) is 10.8. The number of likely N-dealkylation sites (tertiary alicyclic amines) is 1. The fourth-order valence-electron chi connectivity index (χ4n) is 2.36. The highest BCUT2D eigenvalue weighted by atomic mass is 35.5. The van der Waals surface area contributed by atoms with Crippen LogP contribution in [-0.2, 0) is 0 Å². The number of nitriles is 1. The third-order valence-electron chi connectivity index (χ3n) is 3.67. The van der Waals surface area contributed by atoms with E-state index in [4.69, 9.17) is 16.9 Å². The molecule has 1 heterocycles. The summed E-state index contributed by atoms with van der Waals surface area (Å²) in [6.07, 6.45) is 2.26. The van der Waals surface area contributed by atoms with E-state index in [-0.39, 0.29) is 0 Å². The van der Waals surface area contributed by atoms with Crippen LogP contribution in [0.2, 0.25) is 5.02 Å². The van der Waals surface area contributed by atoms with Gasteiger partial charge < -0.3 is 10.2 Å². The largest absolute Gasteiger partial charge is 0.382 e. The second-order valence-electron chi connectivity index (χ2n) is 5.00. The molecule has 18 heavy (non-hydrogen) atoms. The van der Waals surface area contributed by atoms with Crippen LogP contribution in [0.4, 0.5) is 5.69 Å². The normalized spacial score (nSPS) is 24.6. The first-order chi connectivity index (χ1) is 8.60. The van der Waals surface area contributed by atoms with Crippen molar-refractivity contribution in [3.63, 3.8) is 0 Å². The average molecular weight is 264 g/mol. The van der Waals surface area contributed by atoms with Gasteiger partial charge in [-0.15, -0.1) is 0 Å². The smallest absolute Gasteiger partial charge is 0.101 e. The molecule has 1 aliphatic heterocycles. The third kappa shape index (κ3) is 2.95. The number of nitrogens with zero attached hydrogens (tertiary/aromatic N) is 2. The SMILES string of the molecule is CC1CC(Nc2ccc(Cl)c(C#N)c2)CCN1C. The fourth-order valence-corrected chi connectivity index (χ4v) is 2.52. The molecule has 1 saturated heterocycles. The Morgan fingerprint density at radius 2 is 2.28 bits per heavy atom. The zero-order chi connectivity index (χ0) is 13.1. The van der Waals surface area contributed by atoms with Gasteiger partial charge in [0.25, 0.3) is 0 Å². The van der Waals surface area contributed by atoms with Gasteiger partial charge in [0, 0.05) is 24.3 Å². The molecule has 1 N–H and O–H groups in total. The molecule has 0 saturated carbocycles. The van der Waals surface area contributed by atoms with Gasteiger partial charge in [-0.05, 0) is 45.0 Å². The first-order valence-electron chi connectivity index (χ1n) is 6.26. The van der Waals surface area contributed by atoms with Crippen molar-refractivity contribution in [2.45, 2.75) is 31.8 Å². The maximum atomic E-state index is 8.96. The van der Waals surface area contributed by atoms with E-state index in [0.29, 0.717) is 22.7 Å². The van der Waals surface area contributed by atoms with Gasteiger partial charge in [-0.25, -0.2) is 0 Å². The molecule has 3 nitrogen and oxygen atoms in total. The summed E-state index contributed by atoms with van der Waals surface area (Å²) in [5, 5.41) is 13.0. The summed E-state index contributed by atoms with van der Waals surface area (Å²) in [4.78, 5) is 2.38. The predicted octanol–water partition coefficient (Wildman–Crippen LogP) is 3.11. The summed E-state index contributed by atoms with van der Waals surface area (Å²) in [6, 6.07) is 8.72. The van der Waals surface area contributed by atoms with Crippen molar-refractivity contribution in [3.8, 4) is 6.07 Å².